The summed E-state index contributed by atoms with van der Waals surface area (Å²) in [4.78, 5) is 0. The van der Waals surface area contributed by atoms with E-state index in [-0.39, 0.29) is 19.3 Å². The molecule has 0 radical (unpaired) electrons. The molecule has 4 nitrogen and oxygen atoms in total. The number of aryl methyl sites for hydroxylation is 1. The summed E-state index contributed by atoms with van der Waals surface area (Å²) in [6.45, 7) is 19.1. The fourth-order valence-corrected chi connectivity index (χ4v) is 5.79. The molecule has 0 saturated heterocycles. The van der Waals surface area contributed by atoms with Gasteiger partial charge in [0.05, 0.1) is 9.71 Å². The second-order valence-corrected chi connectivity index (χ2v) is 12.2. The monoisotopic (exact) mass is 588 g/mol. The first kappa shape index (κ1) is 36.6. The van der Waals surface area contributed by atoms with Gasteiger partial charge in [-0.05, 0) is 79.1 Å². The lowest BCUT2D eigenvalue weighted by molar-refractivity contribution is 0.357. The summed E-state index contributed by atoms with van der Waals surface area (Å²) in [5, 5.41) is 3.25. The molecule has 3 unspecified atom stereocenters. The van der Waals surface area contributed by atoms with E-state index in [0.717, 1.165) is 36.1 Å². The first-order valence-electron chi connectivity index (χ1n) is 14.7. The van der Waals surface area contributed by atoms with Gasteiger partial charge in [-0.2, -0.15) is 0 Å². The van der Waals surface area contributed by atoms with Gasteiger partial charge in [0.25, 0.3) is 0 Å². The van der Waals surface area contributed by atoms with Gasteiger partial charge in [0.2, 0.25) is 0 Å². The molecule has 5 heteroatoms. The van der Waals surface area contributed by atoms with Crippen molar-refractivity contribution in [2.45, 2.75) is 66.8 Å². The van der Waals surface area contributed by atoms with E-state index >= 15 is 0 Å². The highest BCUT2D eigenvalue weighted by atomic mass is 32.2. The molecule has 2 aromatic rings. The van der Waals surface area contributed by atoms with E-state index in [4.69, 9.17) is 4.74 Å². The molecule has 42 heavy (non-hydrogen) atoms. The number of unbranched alkanes of at least 4 members (excludes halogenated alkanes) is 1. The van der Waals surface area contributed by atoms with Gasteiger partial charge in [0.15, 0.2) is 0 Å². The summed E-state index contributed by atoms with van der Waals surface area (Å²) in [6.07, 6.45) is 13.1. The van der Waals surface area contributed by atoms with Crippen LogP contribution in [0.5, 0.6) is 5.75 Å². The molecule has 2 aromatic carbocycles. The first-order chi connectivity index (χ1) is 19.8. The molecular formula is C37H52N2O2S. The number of benzene rings is 2. The highest BCUT2D eigenvalue weighted by molar-refractivity contribution is 8.01. The molecule has 0 heterocycles. The second-order valence-electron chi connectivity index (χ2n) is 9.88. The summed E-state index contributed by atoms with van der Waals surface area (Å²) in [6, 6.07) is 16.4. The van der Waals surface area contributed by atoms with Gasteiger partial charge in [0, 0.05) is 24.6 Å². The number of hydrogen-bond donors (Lipinski definition) is 1. The molecule has 0 bridgehead atoms. The van der Waals surface area contributed by atoms with E-state index in [1.165, 1.54) is 24.6 Å². The largest absolute Gasteiger partial charge is 0.490 e. The third-order valence-electron chi connectivity index (χ3n) is 6.79. The van der Waals surface area contributed by atoms with Gasteiger partial charge in [-0.25, -0.2) is 8.51 Å². The highest BCUT2D eigenvalue weighted by Crippen LogP contribution is 2.26. The van der Waals surface area contributed by atoms with E-state index in [1.807, 2.05) is 42.4 Å². The van der Waals surface area contributed by atoms with Crippen LogP contribution in [0.1, 0.15) is 70.6 Å². The number of ether oxygens (including phenoxy) is 1. The Morgan fingerprint density at radius 1 is 1.07 bits per heavy atom. The molecule has 0 spiro atoms. The van der Waals surface area contributed by atoms with Gasteiger partial charge in [-0.3, -0.25) is 0 Å². The van der Waals surface area contributed by atoms with E-state index in [9.17, 15) is 4.21 Å². The fourth-order valence-electron chi connectivity index (χ4n) is 4.42. The molecule has 0 amide bonds. The molecule has 0 saturated carbocycles. The third kappa shape index (κ3) is 11.8. The number of rotatable bonds is 14. The van der Waals surface area contributed by atoms with Gasteiger partial charge >= 0.3 is 0 Å². The van der Waals surface area contributed by atoms with Gasteiger partial charge in [-0.15, -0.1) is 0 Å². The Bertz CT molecular complexity index is 1300. The lowest BCUT2D eigenvalue weighted by Gasteiger charge is -2.31. The van der Waals surface area contributed by atoms with Gasteiger partial charge < -0.3 is 10.1 Å². The SMILES string of the molecule is C.C=CCOc1ccc(CN(CC2C=CC(C#Cc3ccc(CCCC)cc3)CC2)S(=C)(=O)C(=C)NC=C)cc1.CC. The fraction of sp³-hybridized carbons (Fsp3) is 0.378. The Hall–Kier alpha value is -3.46. The second kappa shape index (κ2) is 19.6. The maximum Gasteiger partial charge on any atom is 0.119 e. The zero-order valence-corrected chi connectivity index (χ0v) is 26.1. The number of nitrogens with one attached hydrogen (secondary N) is 1. The van der Waals surface area contributed by atoms with Crippen LogP contribution in [0.15, 0.2) is 97.7 Å². The molecule has 0 aliphatic heterocycles. The van der Waals surface area contributed by atoms with Crippen LogP contribution in [0, 0.1) is 23.7 Å². The summed E-state index contributed by atoms with van der Waals surface area (Å²) in [7, 11) is -2.80. The maximum absolute atomic E-state index is 13.8. The smallest absolute Gasteiger partial charge is 0.119 e. The quantitative estimate of drug-likeness (QED) is 0.137. The van der Waals surface area contributed by atoms with Crippen molar-refractivity contribution in [3.63, 3.8) is 0 Å². The zero-order valence-electron chi connectivity index (χ0n) is 25.2. The van der Waals surface area contributed by atoms with Crippen molar-refractivity contribution in [1.82, 2.24) is 9.62 Å². The van der Waals surface area contributed by atoms with Crippen molar-refractivity contribution in [2.24, 2.45) is 11.8 Å². The van der Waals surface area contributed by atoms with Crippen LogP contribution in [-0.2, 0) is 22.7 Å². The lowest BCUT2D eigenvalue weighted by Crippen LogP contribution is -2.37. The van der Waals surface area contributed by atoms with Crippen LogP contribution in [0.25, 0.3) is 0 Å². The number of nitrogens with zero attached hydrogens (tertiary/aromatic N) is 1. The van der Waals surface area contributed by atoms with Crippen LogP contribution < -0.4 is 10.1 Å². The minimum atomic E-state index is -2.80. The van der Waals surface area contributed by atoms with E-state index in [0.29, 0.717) is 24.7 Å². The lowest BCUT2D eigenvalue weighted by atomic mass is 9.88. The van der Waals surface area contributed by atoms with E-state index < -0.39 is 9.71 Å². The predicted octanol–water partition coefficient (Wildman–Crippen LogP) is 8.53. The van der Waals surface area contributed by atoms with Crippen molar-refractivity contribution in [2.75, 3.05) is 13.2 Å². The van der Waals surface area contributed by atoms with Crippen LogP contribution >= 0.6 is 0 Å². The summed E-state index contributed by atoms with van der Waals surface area (Å²) in [5.74, 6) is 12.1. The predicted molar refractivity (Wildman–Crippen MR) is 186 cm³/mol. The van der Waals surface area contributed by atoms with Crippen LogP contribution in [0.2, 0.25) is 0 Å². The average Bonchev–Trinajstić information content (AvgIpc) is 3.00. The Balaban J connectivity index is 0.00000288. The molecule has 1 aliphatic rings. The molecule has 3 atom stereocenters. The van der Waals surface area contributed by atoms with E-state index in [2.05, 4.69) is 86.1 Å². The Kier molecular flexibility index (Phi) is 17.1. The van der Waals surface area contributed by atoms with Crippen molar-refractivity contribution < 1.29 is 8.95 Å². The normalized spacial score (nSPS) is 16.8. The minimum absolute atomic E-state index is 0. The molecule has 1 N–H and O–H groups in total. The van der Waals surface area contributed by atoms with Crippen LogP contribution in [0.4, 0.5) is 0 Å². The minimum Gasteiger partial charge on any atom is -0.490 e. The first-order valence-corrected chi connectivity index (χ1v) is 16.3. The standard InChI is InChI=1S/C34H42N2O2S.C2H6.CH4/c1-6-9-10-29-11-13-30(14-12-29)15-16-31-17-19-32(20-18-31)26-36(39(5,37)28(4)35-8-3)27-33-21-23-34(24-22-33)38-25-7-2;1-2;/h7-8,11-14,17,19,21-24,31-32,35H,2-6,9-10,18,20,25-27H2,1H3;1-2H3;1H4. The molecule has 1 aliphatic carbocycles. The summed E-state index contributed by atoms with van der Waals surface area (Å²) < 4.78 is 21.3. The Labute approximate surface area is 257 Å². The Morgan fingerprint density at radius 3 is 2.31 bits per heavy atom. The Morgan fingerprint density at radius 2 is 1.74 bits per heavy atom. The molecule has 0 aromatic heterocycles. The van der Waals surface area contributed by atoms with Crippen molar-refractivity contribution >= 4 is 15.6 Å². The van der Waals surface area contributed by atoms with Crippen LogP contribution in [0.3, 0.4) is 0 Å². The molecule has 3 rings (SSSR count). The average molecular weight is 589 g/mol. The van der Waals surface area contributed by atoms with E-state index in [1.54, 1.807) is 6.08 Å². The number of allylic oxidation sites excluding steroid dienone is 1. The van der Waals surface area contributed by atoms with Crippen LogP contribution in [-0.4, -0.2) is 27.5 Å². The number of hydrogen-bond acceptors (Lipinski definition) is 3. The van der Waals surface area contributed by atoms with Crippen molar-refractivity contribution in [3.8, 4) is 17.6 Å². The van der Waals surface area contributed by atoms with Crippen molar-refractivity contribution in [1.29, 1.82) is 0 Å². The third-order valence-corrected chi connectivity index (χ3v) is 8.79. The van der Waals surface area contributed by atoms with Gasteiger partial charge in [0.1, 0.15) is 17.4 Å². The zero-order chi connectivity index (χ0) is 30.1. The maximum atomic E-state index is 13.8. The molecule has 228 valence electrons. The summed E-state index contributed by atoms with van der Waals surface area (Å²) in [5.41, 5.74) is 3.45. The summed E-state index contributed by atoms with van der Waals surface area (Å²) >= 11 is 0. The molecule has 0 fully saturated rings. The van der Waals surface area contributed by atoms with Crippen molar-refractivity contribution in [3.05, 3.63) is 114 Å². The highest BCUT2D eigenvalue weighted by Gasteiger charge is 2.24. The topological polar surface area (TPSA) is 41.6 Å². The molecular weight excluding hydrogens is 536 g/mol. The van der Waals surface area contributed by atoms with Gasteiger partial charge in [-0.1, -0.05) is 109 Å².